The molecule has 0 unspecified atom stereocenters. The van der Waals surface area contributed by atoms with E-state index in [1.165, 1.54) is 53.7 Å². The SMILES string of the molecule is O=Cc1cc2c(cc1C=O)[C@@H]1c3sc(C4CCCCC4)cc3CN[C@H]1CC2. The van der Waals surface area contributed by atoms with Gasteiger partial charge in [-0.2, -0.15) is 0 Å². The van der Waals surface area contributed by atoms with Gasteiger partial charge in [-0.25, -0.2) is 0 Å². The minimum absolute atomic E-state index is 0.319. The number of nitrogens with one attached hydrogen (secondary N) is 1. The molecule has 3 nitrogen and oxygen atoms in total. The molecule has 2 aliphatic carbocycles. The third-order valence-corrected chi connectivity index (χ3v) is 8.19. The molecule has 1 aromatic carbocycles. The maximum atomic E-state index is 11.5. The number of carbonyl (C=O) groups is 2. The number of thiophene rings is 1. The maximum Gasteiger partial charge on any atom is 0.150 e. The van der Waals surface area contributed by atoms with E-state index in [-0.39, 0.29) is 0 Å². The first-order valence-corrected chi connectivity index (χ1v) is 11.0. The van der Waals surface area contributed by atoms with Crippen LogP contribution in [0.5, 0.6) is 0 Å². The van der Waals surface area contributed by atoms with E-state index in [4.69, 9.17) is 0 Å². The molecule has 0 radical (unpaired) electrons. The van der Waals surface area contributed by atoms with Crippen LogP contribution in [0.2, 0.25) is 0 Å². The van der Waals surface area contributed by atoms with Crippen molar-refractivity contribution in [3.05, 3.63) is 55.8 Å². The molecule has 0 spiro atoms. The Labute approximate surface area is 164 Å². The van der Waals surface area contributed by atoms with E-state index in [9.17, 15) is 9.59 Å². The van der Waals surface area contributed by atoms with Gasteiger partial charge in [-0.15, -0.1) is 11.3 Å². The van der Waals surface area contributed by atoms with Gasteiger partial charge in [0.2, 0.25) is 0 Å². The molecule has 0 saturated heterocycles. The molecule has 140 valence electrons. The molecule has 1 saturated carbocycles. The molecule has 1 fully saturated rings. The van der Waals surface area contributed by atoms with Gasteiger partial charge in [-0.1, -0.05) is 19.3 Å². The predicted molar refractivity (Wildman–Crippen MR) is 108 cm³/mol. The summed E-state index contributed by atoms with van der Waals surface area (Å²) in [6.07, 6.45) is 10.5. The first kappa shape index (κ1) is 17.3. The van der Waals surface area contributed by atoms with Crippen molar-refractivity contribution < 1.29 is 9.59 Å². The molecule has 0 amide bonds. The molecule has 1 N–H and O–H groups in total. The summed E-state index contributed by atoms with van der Waals surface area (Å²) in [4.78, 5) is 25.9. The molecule has 4 heteroatoms. The summed E-state index contributed by atoms with van der Waals surface area (Å²) in [7, 11) is 0. The Morgan fingerprint density at radius 2 is 1.70 bits per heavy atom. The number of benzene rings is 1. The Bertz CT molecular complexity index is 894. The average Bonchev–Trinajstić information content (AvgIpc) is 3.17. The largest absolute Gasteiger partial charge is 0.309 e. The number of aldehydes is 2. The molecule has 2 heterocycles. The number of fused-ring (bicyclic) bond motifs is 5. The lowest BCUT2D eigenvalue weighted by atomic mass is 9.74. The summed E-state index contributed by atoms with van der Waals surface area (Å²) >= 11 is 2.02. The standard InChI is InChI=1S/C23H25NO2S/c25-12-17-8-15-6-7-20-22(19(15)9-18(17)13-26)23-16(11-24-20)10-21(27-23)14-4-2-1-3-5-14/h8-10,12-14,20,22,24H,1-7,11H2/t20-,22-/m0/s1. The van der Waals surface area contributed by atoms with Crippen molar-refractivity contribution >= 4 is 23.9 Å². The van der Waals surface area contributed by atoms with Gasteiger partial charge in [0.1, 0.15) is 0 Å². The van der Waals surface area contributed by atoms with Crippen molar-refractivity contribution in [1.29, 1.82) is 0 Å². The lowest BCUT2D eigenvalue weighted by molar-refractivity contribution is 0.109. The molecular weight excluding hydrogens is 354 g/mol. The lowest BCUT2D eigenvalue weighted by Gasteiger charge is -2.38. The van der Waals surface area contributed by atoms with Crippen molar-refractivity contribution in [3.8, 4) is 0 Å². The summed E-state index contributed by atoms with van der Waals surface area (Å²) in [6.45, 7) is 0.960. The molecule has 1 aliphatic heterocycles. The normalized spacial score (nSPS) is 24.6. The molecule has 1 aromatic heterocycles. The van der Waals surface area contributed by atoms with Crippen LogP contribution in [0, 0.1) is 0 Å². The molecule has 0 bridgehead atoms. The third-order valence-electron chi connectivity index (χ3n) is 6.77. The quantitative estimate of drug-likeness (QED) is 0.766. The summed E-state index contributed by atoms with van der Waals surface area (Å²) in [5, 5.41) is 3.75. The molecule has 2 aromatic rings. The van der Waals surface area contributed by atoms with Gasteiger partial charge < -0.3 is 5.32 Å². The number of rotatable bonds is 3. The second-order valence-corrected chi connectivity index (χ2v) is 9.41. The zero-order valence-corrected chi connectivity index (χ0v) is 16.3. The highest BCUT2D eigenvalue weighted by molar-refractivity contribution is 7.12. The van der Waals surface area contributed by atoms with Crippen molar-refractivity contribution in [2.24, 2.45) is 0 Å². The van der Waals surface area contributed by atoms with Gasteiger partial charge in [0.15, 0.2) is 12.6 Å². The van der Waals surface area contributed by atoms with Crippen LogP contribution in [0.1, 0.15) is 97.5 Å². The second-order valence-electron chi connectivity index (χ2n) is 8.29. The molecule has 3 aliphatic rings. The van der Waals surface area contributed by atoms with Crippen LogP contribution in [-0.4, -0.2) is 18.6 Å². The van der Waals surface area contributed by atoms with Crippen molar-refractivity contribution in [2.75, 3.05) is 0 Å². The van der Waals surface area contributed by atoms with Gasteiger partial charge >= 0.3 is 0 Å². The van der Waals surface area contributed by atoms with Gasteiger partial charge in [0, 0.05) is 39.4 Å². The number of hydrogen-bond donors (Lipinski definition) is 1. The van der Waals surface area contributed by atoms with Crippen LogP contribution in [0.25, 0.3) is 0 Å². The van der Waals surface area contributed by atoms with Crippen LogP contribution in [0.4, 0.5) is 0 Å². The van der Waals surface area contributed by atoms with E-state index in [2.05, 4.69) is 11.4 Å². The first-order valence-electron chi connectivity index (χ1n) is 10.2. The van der Waals surface area contributed by atoms with E-state index < -0.39 is 0 Å². The smallest absolute Gasteiger partial charge is 0.150 e. The Morgan fingerprint density at radius 3 is 2.48 bits per heavy atom. The number of carbonyl (C=O) groups excluding carboxylic acids is 2. The van der Waals surface area contributed by atoms with Crippen LogP contribution in [0.3, 0.4) is 0 Å². The molecule has 27 heavy (non-hydrogen) atoms. The van der Waals surface area contributed by atoms with Crippen LogP contribution >= 0.6 is 11.3 Å². The van der Waals surface area contributed by atoms with Crippen molar-refractivity contribution in [3.63, 3.8) is 0 Å². The summed E-state index contributed by atoms with van der Waals surface area (Å²) < 4.78 is 0. The fourth-order valence-corrected chi connectivity index (χ4v) is 6.88. The topological polar surface area (TPSA) is 46.2 Å². The summed E-state index contributed by atoms with van der Waals surface area (Å²) in [5.41, 5.74) is 5.00. The number of aryl methyl sites for hydroxylation is 1. The van der Waals surface area contributed by atoms with Crippen LogP contribution in [0.15, 0.2) is 18.2 Å². The van der Waals surface area contributed by atoms with Gasteiger partial charge in [-0.3, -0.25) is 9.59 Å². The first-order chi connectivity index (χ1) is 13.3. The highest BCUT2D eigenvalue weighted by Gasteiger charge is 2.37. The Morgan fingerprint density at radius 1 is 0.926 bits per heavy atom. The summed E-state index contributed by atoms with van der Waals surface area (Å²) in [5.74, 6) is 1.05. The molecule has 5 rings (SSSR count). The zero-order valence-electron chi connectivity index (χ0n) is 15.5. The third kappa shape index (κ3) is 2.90. The predicted octanol–water partition coefficient (Wildman–Crippen LogP) is 4.97. The van der Waals surface area contributed by atoms with E-state index in [1.54, 1.807) is 4.88 Å². The van der Waals surface area contributed by atoms with Crippen molar-refractivity contribution in [2.45, 2.75) is 69.4 Å². The zero-order chi connectivity index (χ0) is 18.4. The Kier molecular flexibility index (Phi) is 4.49. The second kappa shape index (κ2) is 6.99. The van der Waals surface area contributed by atoms with Gasteiger partial charge in [0.05, 0.1) is 0 Å². The minimum atomic E-state index is 0.319. The fourth-order valence-electron chi connectivity index (χ4n) is 5.34. The van der Waals surface area contributed by atoms with E-state index in [0.717, 1.165) is 37.9 Å². The van der Waals surface area contributed by atoms with E-state index in [1.807, 2.05) is 23.5 Å². The van der Waals surface area contributed by atoms with Crippen LogP contribution < -0.4 is 5.32 Å². The maximum absolute atomic E-state index is 11.5. The van der Waals surface area contributed by atoms with Crippen LogP contribution in [-0.2, 0) is 13.0 Å². The summed E-state index contributed by atoms with van der Waals surface area (Å²) in [6, 6.07) is 6.82. The van der Waals surface area contributed by atoms with Gasteiger partial charge in [0.25, 0.3) is 0 Å². The molecular formula is C23H25NO2S. The Hall–Kier alpha value is -1.78. The molecule has 2 atom stereocenters. The van der Waals surface area contributed by atoms with E-state index >= 15 is 0 Å². The fraction of sp³-hybridized carbons (Fsp3) is 0.478. The highest BCUT2D eigenvalue weighted by atomic mass is 32.1. The highest BCUT2D eigenvalue weighted by Crippen LogP contribution is 2.47. The van der Waals surface area contributed by atoms with Crippen molar-refractivity contribution in [1.82, 2.24) is 5.32 Å². The monoisotopic (exact) mass is 379 g/mol. The Balaban J connectivity index is 1.59. The van der Waals surface area contributed by atoms with E-state index in [0.29, 0.717) is 23.1 Å². The average molecular weight is 380 g/mol. The number of hydrogen-bond acceptors (Lipinski definition) is 4. The minimum Gasteiger partial charge on any atom is -0.309 e. The van der Waals surface area contributed by atoms with Gasteiger partial charge in [-0.05, 0) is 66.5 Å². The lowest BCUT2D eigenvalue weighted by Crippen LogP contribution is -2.42.